The van der Waals surface area contributed by atoms with E-state index in [9.17, 15) is 0 Å². The van der Waals surface area contributed by atoms with Crippen LogP contribution in [0.5, 0.6) is 0 Å². The average Bonchev–Trinajstić information content (AvgIpc) is 3.37. The highest BCUT2D eigenvalue weighted by Crippen LogP contribution is 2.42. The molecule has 290 valence electrons. The zero-order valence-electron chi connectivity index (χ0n) is 33.3. The molecule has 0 atom stereocenters. The smallest absolute Gasteiger partial charge is 0.194 e. The summed E-state index contributed by atoms with van der Waals surface area (Å²) in [5, 5.41) is 0. The first-order valence-corrected chi connectivity index (χ1v) is 20.2. The SMILES string of the molecule is [C-]#[N+]c1ccccc1-c1ccc(-c2nc(-c3ccccc3)nc(-c3ccccc3)n2)c(-c2ccccc2-c2nc(-c3ccccc3)nc(-c3ccccc3-c3ccccc3)n2)c1. The average molecular weight is 794 g/mol. The first-order valence-electron chi connectivity index (χ1n) is 20.2. The molecular weight excluding hydrogens is 759 g/mol. The molecule has 2 aromatic heterocycles. The van der Waals surface area contributed by atoms with E-state index < -0.39 is 0 Å². The summed E-state index contributed by atoms with van der Waals surface area (Å²) in [5.74, 6) is 3.24. The van der Waals surface area contributed by atoms with Gasteiger partial charge in [-0.15, -0.1) is 0 Å². The second-order valence-electron chi connectivity index (χ2n) is 14.6. The van der Waals surface area contributed by atoms with Crippen molar-refractivity contribution in [3.05, 3.63) is 224 Å². The maximum absolute atomic E-state index is 8.01. The third-order valence-corrected chi connectivity index (χ3v) is 10.7. The maximum atomic E-state index is 8.01. The first kappa shape index (κ1) is 37.5. The van der Waals surface area contributed by atoms with Gasteiger partial charge in [0.05, 0.1) is 6.57 Å². The van der Waals surface area contributed by atoms with Crippen LogP contribution in [0.1, 0.15) is 0 Å². The molecule has 0 fully saturated rings. The quantitative estimate of drug-likeness (QED) is 0.135. The minimum atomic E-state index is 0.505. The van der Waals surface area contributed by atoms with Crippen molar-refractivity contribution in [3.63, 3.8) is 0 Å². The molecule has 7 heteroatoms. The van der Waals surface area contributed by atoms with Crippen LogP contribution in [0.25, 0.3) is 107 Å². The van der Waals surface area contributed by atoms with Crippen molar-refractivity contribution in [1.29, 1.82) is 0 Å². The third-order valence-electron chi connectivity index (χ3n) is 10.7. The fraction of sp³-hybridized carbons (Fsp3) is 0. The highest BCUT2D eigenvalue weighted by atomic mass is 15.0. The number of benzene rings is 8. The van der Waals surface area contributed by atoms with Crippen molar-refractivity contribution in [2.24, 2.45) is 0 Å². The topological polar surface area (TPSA) is 81.7 Å². The Kier molecular flexibility index (Phi) is 10.2. The van der Waals surface area contributed by atoms with E-state index in [4.69, 9.17) is 36.5 Å². The van der Waals surface area contributed by atoms with E-state index in [1.54, 1.807) is 0 Å². The van der Waals surface area contributed by atoms with E-state index in [1.165, 1.54) is 0 Å². The molecule has 0 aliphatic heterocycles. The van der Waals surface area contributed by atoms with E-state index in [-0.39, 0.29) is 0 Å². The molecule has 10 rings (SSSR count). The third kappa shape index (κ3) is 7.52. The second-order valence-corrected chi connectivity index (χ2v) is 14.6. The Balaban J connectivity index is 1.23. The van der Waals surface area contributed by atoms with Crippen molar-refractivity contribution >= 4 is 5.69 Å². The Labute approximate surface area is 359 Å². The van der Waals surface area contributed by atoms with Crippen molar-refractivity contribution in [2.45, 2.75) is 0 Å². The van der Waals surface area contributed by atoms with Crippen LogP contribution >= 0.6 is 0 Å². The molecule has 0 amide bonds. The molecule has 7 nitrogen and oxygen atoms in total. The predicted molar refractivity (Wildman–Crippen MR) is 248 cm³/mol. The Hall–Kier alpha value is -8.73. The standard InChI is InChI=1S/C55H35N7/c1-56-49-33-19-18-29-43(49)41-34-35-47(55-58-50(38-22-8-3-9-23-38)57-51(59-55)39-24-10-4-11-25-39)48(36-41)44-30-15-17-32-46(44)54-61-52(40-26-12-5-13-27-40)60-53(62-54)45-31-16-14-28-42(45)37-20-6-2-7-21-37/h2-36H. The summed E-state index contributed by atoms with van der Waals surface area (Å²) in [5.41, 5.74) is 11.1. The van der Waals surface area contributed by atoms with Gasteiger partial charge in [-0.25, -0.2) is 34.7 Å². The van der Waals surface area contributed by atoms with Crippen molar-refractivity contribution < 1.29 is 0 Å². The first-order chi connectivity index (χ1) is 30.7. The van der Waals surface area contributed by atoms with E-state index >= 15 is 0 Å². The van der Waals surface area contributed by atoms with E-state index in [0.29, 0.717) is 40.6 Å². The minimum Gasteiger partial charge on any atom is -0.238 e. The molecule has 0 N–H and O–H groups in total. The molecule has 0 saturated heterocycles. The monoisotopic (exact) mass is 793 g/mol. The van der Waals surface area contributed by atoms with Crippen molar-refractivity contribution in [3.8, 4) is 102 Å². The molecule has 10 aromatic rings. The molecule has 0 unspecified atom stereocenters. The Morgan fingerprint density at radius 3 is 1.06 bits per heavy atom. The molecular formula is C55H35N7. The van der Waals surface area contributed by atoms with Gasteiger partial charge in [-0.3, -0.25) is 0 Å². The zero-order chi connectivity index (χ0) is 41.7. The molecule has 0 aliphatic rings. The summed E-state index contributed by atoms with van der Waals surface area (Å²) in [6.07, 6.45) is 0. The lowest BCUT2D eigenvalue weighted by molar-refractivity contribution is 1.07. The van der Waals surface area contributed by atoms with Crippen LogP contribution in [0.15, 0.2) is 212 Å². The zero-order valence-corrected chi connectivity index (χ0v) is 33.3. The fourth-order valence-electron chi connectivity index (χ4n) is 7.67. The summed E-state index contributed by atoms with van der Waals surface area (Å²) in [6.45, 7) is 8.01. The van der Waals surface area contributed by atoms with Gasteiger partial charge in [-0.05, 0) is 45.5 Å². The lowest BCUT2D eigenvalue weighted by Crippen LogP contribution is -2.03. The van der Waals surface area contributed by atoms with Crippen LogP contribution in [0.3, 0.4) is 0 Å². The summed E-state index contributed by atoms with van der Waals surface area (Å²) in [4.78, 5) is 34.8. The molecule has 0 spiro atoms. The predicted octanol–water partition coefficient (Wildman–Crippen LogP) is 13.6. The van der Waals surface area contributed by atoms with Gasteiger partial charge in [0.15, 0.2) is 40.6 Å². The van der Waals surface area contributed by atoms with Gasteiger partial charge in [0.2, 0.25) is 0 Å². The lowest BCUT2D eigenvalue weighted by atomic mass is 9.90. The number of hydrogen-bond acceptors (Lipinski definition) is 6. The lowest BCUT2D eigenvalue weighted by Gasteiger charge is -2.17. The molecule has 0 aliphatic carbocycles. The van der Waals surface area contributed by atoms with Gasteiger partial charge >= 0.3 is 0 Å². The van der Waals surface area contributed by atoms with Gasteiger partial charge in [0.25, 0.3) is 0 Å². The highest BCUT2D eigenvalue weighted by Gasteiger charge is 2.22. The number of aromatic nitrogens is 6. The largest absolute Gasteiger partial charge is 0.238 e. The molecule has 0 saturated carbocycles. The van der Waals surface area contributed by atoms with Crippen LogP contribution in [0.2, 0.25) is 0 Å². The van der Waals surface area contributed by atoms with Crippen LogP contribution in [-0.2, 0) is 0 Å². The second kappa shape index (κ2) is 16.9. The van der Waals surface area contributed by atoms with E-state index in [1.807, 2.05) is 176 Å². The summed E-state index contributed by atoms with van der Waals surface area (Å²) in [7, 11) is 0. The molecule has 62 heavy (non-hydrogen) atoms. The maximum Gasteiger partial charge on any atom is 0.194 e. The normalized spacial score (nSPS) is 10.9. The van der Waals surface area contributed by atoms with Crippen molar-refractivity contribution in [1.82, 2.24) is 29.9 Å². The van der Waals surface area contributed by atoms with Gasteiger partial charge < -0.3 is 0 Å². The Morgan fingerprint density at radius 1 is 0.242 bits per heavy atom. The van der Waals surface area contributed by atoms with Crippen molar-refractivity contribution in [2.75, 3.05) is 0 Å². The van der Waals surface area contributed by atoms with E-state index in [0.717, 1.165) is 66.8 Å². The van der Waals surface area contributed by atoms with Gasteiger partial charge in [-0.2, -0.15) is 0 Å². The van der Waals surface area contributed by atoms with Gasteiger partial charge in [0.1, 0.15) is 0 Å². The number of hydrogen-bond donors (Lipinski definition) is 0. The molecule has 2 heterocycles. The van der Waals surface area contributed by atoms with E-state index in [2.05, 4.69) is 41.2 Å². The number of rotatable bonds is 9. The van der Waals surface area contributed by atoms with Gasteiger partial charge in [-0.1, -0.05) is 200 Å². The molecule has 0 bridgehead atoms. The number of nitrogens with zero attached hydrogens (tertiary/aromatic N) is 7. The van der Waals surface area contributed by atoms with Gasteiger partial charge in [0, 0.05) is 33.4 Å². The van der Waals surface area contributed by atoms with Crippen LogP contribution < -0.4 is 0 Å². The number of para-hydroxylation sites is 1. The highest BCUT2D eigenvalue weighted by molar-refractivity contribution is 5.93. The van der Waals surface area contributed by atoms with Crippen LogP contribution in [-0.4, -0.2) is 29.9 Å². The summed E-state index contributed by atoms with van der Waals surface area (Å²) >= 11 is 0. The fourth-order valence-corrected chi connectivity index (χ4v) is 7.67. The minimum absolute atomic E-state index is 0.505. The van der Waals surface area contributed by atoms with Crippen LogP contribution in [0, 0.1) is 6.57 Å². The summed E-state index contributed by atoms with van der Waals surface area (Å²) < 4.78 is 0. The Morgan fingerprint density at radius 2 is 0.581 bits per heavy atom. The molecule has 0 radical (unpaired) electrons. The summed E-state index contributed by atoms with van der Waals surface area (Å²) in [6, 6.07) is 70.5. The van der Waals surface area contributed by atoms with Crippen LogP contribution in [0.4, 0.5) is 5.69 Å². The Bertz CT molecular complexity index is 3180. The molecule has 8 aromatic carbocycles.